The summed E-state index contributed by atoms with van der Waals surface area (Å²) in [6, 6.07) is 10.8. The molecule has 0 bridgehead atoms. The topological polar surface area (TPSA) is 114 Å². The minimum atomic E-state index is -4.75. The van der Waals surface area contributed by atoms with Crippen LogP contribution in [0, 0.1) is 17.1 Å². The van der Waals surface area contributed by atoms with Gasteiger partial charge in [0.1, 0.15) is 23.8 Å². The second-order valence-electron chi connectivity index (χ2n) is 10.9. The van der Waals surface area contributed by atoms with Gasteiger partial charge in [0.25, 0.3) is 0 Å². The molecule has 2 aromatic carbocycles. The molecule has 4 heterocycles. The zero-order valence-corrected chi connectivity index (χ0v) is 23.6. The molecule has 2 aromatic heterocycles. The van der Waals surface area contributed by atoms with Crippen LogP contribution >= 0.6 is 0 Å². The molecule has 0 spiro atoms. The molecule has 0 amide bonds. The van der Waals surface area contributed by atoms with E-state index in [9.17, 15) is 27.5 Å². The maximum Gasteiger partial charge on any atom is 0.421 e. The van der Waals surface area contributed by atoms with Gasteiger partial charge in [-0.05, 0) is 61.7 Å². The molecule has 9 nitrogen and oxygen atoms in total. The third-order valence-electron chi connectivity index (χ3n) is 8.16. The Morgan fingerprint density at radius 3 is 2.66 bits per heavy atom. The zero-order chi connectivity index (χ0) is 31.2. The number of imidazole rings is 1. The lowest BCUT2D eigenvalue weighted by molar-refractivity contribution is -0.139. The lowest BCUT2D eigenvalue weighted by atomic mass is 9.97. The first-order valence-corrected chi connectivity index (χ1v) is 14.0. The summed E-state index contributed by atoms with van der Waals surface area (Å²) in [5.41, 5.74) is 1.33. The van der Waals surface area contributed by atoms with E-state index in [4.69, 9.17) is 19.7 Å². The fourth-order valence-electron chi connectivity index (χ4n) is 5.60. The highest BCUT2D eigenvalue weighted by atomic mass is 19.4. The SMILES string of the molecule is C[C@H]1c2nc(OCc3ccc(C#N)cc3F)c(C(F)(F)F)cc2CCN1Cc1nc2ccc(C(=O)O)cc2n1C[C@@H]1CCO1. The molecule has 44 heavy (non-hydrogen) atoms. The molecule has 2 aliphatic heterocycles. The molecule has 1 saturated heterocycles. The lowest BCUT2D eigenvalue weighted by Crippen LogP contribution is -2.36. The van der Waals surface area contributed by atoms with Crippen molar-refractivity contribution in [2.45, 2.75) is 57.8 Å². The van der Waals surface area contributed by atoms with Crippen LogP contribution in [0.4, 0.5) is 17.6 Å². The van der Waals surface area contributed by atoms with Crippen molar-refractivity contribution in [3.8, 4) is 11.9 Å². The molecule has 1 fully saturated rings. The molecule has 0 radical (unpaired) electrons. The van der Waals surface area contributed by atoms with E-state index < -0.39 is 42.1 Å². The summed E-state index contributed by atoms with van der Waals surface area (Å²) >= 11 is 0. The van der Waals surface area contributed by atoms with Crippen molar-refractivity contribution in [1.82, 2.24) is 19.4 Å². The normalized spacial score (nSPS) is 18.5. The van der Waals surface area contributed by atoms with Crippen LogP contribution in [0.5, 0.6) is 5.88 Å². The van der Waals surface area contributed by atoms with E-state index in [0.29, 0.717) is 60.8 Å². The molecule has 2 aliphatic rings. The van der Waals surface area contributed by atoms with Crippen LogP contribution in [0.1, 0.15) is 63.5 Å². The van der Waals surface area contributed by atoms with E-state index in [0.717, 1.165) is 18.6 Å². The standard InChI is InChI=1S/C31H27F4N5O4/c1-17-28-19(11-23(31(33,34)35)29(38-28)44-16-21-3-2-18(13-36)10-24(21)32)6-8-39(17)15-27-37-25-5-4-20(30(41)42)12-26(25)40(27)14-22-7-9-43-22/h2-5,10-12,17,22H,6-9,14-16H2,1H3,(H,41,42)/t17-,22-/m0/s1. The molecule has 228 valence electrons. The Morgan fingerprint density at radius 1 is 1.20 bits per heavy atom. The van der Waals surface area contributed by atoms with E-state index >= 15 is 0 Å². The van der Waals surface area contributed by atoms with Crippen molar-refractivity contribution in [2.75, 3.05) is 13.2 Å². The summed E-state index contributed by atoms with van der Waals surface area (Å²) in [5, 5.41) is 18.5. The second kappa shape index (κ2) is 11.5. The highest BCUT2D eigenvalue weighted by Gasteiger charge is 2.38. The van der Waals surface area contributed by atoms with E-state index in [2.05, 4.69) is 4.98 Å². The number of alkyl halides is 3. The molecular formula is C31H27F4N5O4. The Bertz CT molecular complexity index is 1790. The van der Waals surface area contributed by atoms with Gasteiger partial charge in [0.2, 0.25) is 5.88 Å². The van der Waals surface area contributed by atoms with Gasteiger partial charge < -0.3 is 19.1 Å². The third-order valence-corrected chi connectivity index (χ3v) is 8.16. The van der Waals surface area contributed by atoms with Crippen LogP contribution in [-0.2, 0) is 37.0 Å². The number of ether oxygens (including phenoxy) is 2. The number of benzene rings is 2. The summed E-state index contributed by atoms with van der Waals surface area (Å²) in [6.07, 6.45) is -3.60. The number of aromatic nitrogens is 3. The summed E-state index contributed by atoms with van der Waals surface area (Å²) < 4.78 is 69.6. The monoisotopic (exact) mass is 609 g/mol. The van der Waals surface area contributed by atoms with Crippen LogP contribution < -0.4 is 4.74 Å². The van der Waals surface area contributed by atoms with Crippen LogP contribution in [0.3, 0.4) is 0 Å². The number of rotatable bonds is 8. The van der Waals surface area contributed by atoms with Crippen molar-refractivity contribution < 1.29 is 36.9 Å². The average molecular weight is 610 g/mol. The number of carbonyl (C=O) groups is 1. The fourth-order valence-corrected chi connectivity index (χ4v) is 5.60. The third kappa shape index (κ3) is 5.70. The van der Waals surface area contributed by atoms with Crippen LogP contribution in [0.25, 0.3) is 11.0 Å². The minimum absolute atomic E-state index is 0.00767. The smallest absolute Gasteiger partial charge is 0.421 e. The largest absolute Gasteiger partial charge is 0.478 e. The van der Waals surface area contributed by atoms with Crippen molar-refractivity contribution in [1.29, 1.82) is 5.26 Å². The number of carboxylic acids is 1. The van der Waals surface area contributed by atoms with E-state index in [1.165, 1.54) is 18.2 Å². The van der Waals surface area contributed by atoms with Gasteiger partial charge in [-0.2, -0.15) is 18.4 Å². The number of halogens is 4. The fraction of sp³-hybridized carbons (Fsp3) is 0.355. The Balaban J connectivity index is 1.30. The Labute approximate surface area is 249 Å². The van der Waals surface area contributed by atoms with Gasteiger partial charge >= 0.3 is 12.1 Å². The predicted octanol–water partition coefficient (Wildman–Crippen LogP) is 5.65. The number of pyridine rings is 1. The van der Waals surface area contributed by atoms with E-state index in [-0.39, 0.29) is 22.8 Å². The molecular weight excluding hydrogens is 582 g/mol. The van der Waals surface area contributed by atoms with Gasteiger partial charge in [0.05, 0.1) is 59.2 Å². The maximum absolute atomic E-state index is 14.4. The van der Waals surface area contributed by atoms with Crippen molar-refractivity contribution in [3.05, 3.63) is 87.6 Å². The number of nitriles is 1. The number of aromatic carboxylic acids is 1. The van der Waals surface area contributed by atoms with Gasteiger partial charge in [0, 0.05) is 18.7 Å². The predicted molar refractivity (Wildman–Crippen MR) is 148 cm³/mol. The highest BCUT2D eigenvalue weighted by Crippen LogP contribution is 2.40. The van der Waals surface area contributed by atoms with Gasteiger partial charge in [-0.3, -0.25) is 4.90 Å². The minimum Gasteiger partial charge on any atom is -0.478 e. The lowest BCUT2D eigenvalue weighted by Gasteiger charge is -2.35. The first-order valence-electron chi connectivity index (χ1n) is 14.0. The second-order valence-corrected chi connectivity index (χ2v) is 10.9. The first kappa shape index (κ1) is 29.5. The Morgan fingerprint density at radius 2 is 2.00 bits per heavy atom. The van der Waals surface area contributed by atoms with Crippen molar-refractivity contribution in [3.63, 3.8) is 0 Å². The zero-order valence-electron chi connectivity index (χ0n) is 23.6. The van der Waals surface area contributed by atoms with Crippen molar-refractivity contribution >= 4 is 17.0 Å². The number of carboxylic acid groups (broad SMARTS) is 1. The van der Waals surface area contributed by atoms with Gasteiger partial charge in [0.15, 0.2) is 0 Å². The number of hydrogen-bond acceptors (Lipinski definition) is 7. The highest BCUT2D eigenvalue weighted by molar-refractivity contribution is 5.92. The van der Waals surface area contributed by atoms with Crippen LogP contribution in [0.2, 0.25) is 0 Å². The quantitative estimate of drug-likeness (QED) is 0.255. The first-order chi connectivity index (χ1) is 21.0. The maximum atomic E-state index is 14.4. The van der Waals surface area contributed by atoms with Gasteiger partial charge in [-0.1, -0.05) is 6.07 Å². The van der Waals surface area contributed by atoms with Crippen LogP contribution in [-0.4, -0.2) is 49.8 Å². The molecule has 13 heteroatoms. The summed E-state index contributed by atoms with van der Waals surface area (Å²) in [5.74, 6) is -1.79. The molecule has 4 aromatic rings. The molecule has 6 rings (SSSR count). The van der Waals surface area contributed by atoms with E-state index in [1.54, 1.807) is 12.1 Å². The van der Waals surface area contributed by atoms with Crippen LogP contribution in [0.15, 0.2) is 42.5 Å². The number of nitrogens with zero attached hydrogens (tertiary/aromatic N) is 5. The van der Waals surface area contributed by atoms with Gasteiger partial charge in [-0.15, -0.1) is 0 Å². The number of hydrogen-bond donors (Lipinski definition) is 1. The number of fused-ring (bicyclic) bond motifs is 2. The Kier molecular flexibility index (Phi) is 7.73. The summed E-state index contributed by atoms with van der Waals surface area (Å²) in [7, 11) is 0. The average Bonchev–Trinajstić information content (AvgIpc) is 3.30. The molecule has 1 N–H and O–H groups in total. The van der Waals surface area contributed by atoms with E-state index in [1.807, 2.05) is 22.5 Å². The van der Waals surface area contributed by atoms with Crippen molar-refractivity contribution in [2.24, 2.45) is 0 Å². The molecule has 0 aliphatic carbocycles. The molecule has 0 saturated carbocycles. The Hall–Kier alpha value is -4.54. The molecule has 2 atom stereocenters. The summed E-state index contributed by atoms with van der Waals surface area (Å²) in [4.78, 5) is 22.8. The summed E-state index contributed by atoms with van der Waals surface area (Å²) in [6.45, 7) is 3.25. The molecule has 0 unspecified atom stereocenters. The van der Waals surface area contributed by atoms with Gasteiger partial charge in [-0.25, -0.2) is 19.2 Å².